The van der Waals surface area contributed by atoms with Crippen molar-refractivity contribution in [2.24, 2.45) is 0 Å². The number of thioether (sulfide) groups is 1. The summed E-state index contributed by atoms with van der Waals surface area (Å²) < 4.78 is 1.92. The maximum absolute atomic E-state index is 4.37. The highest BCUT2D eigenvalue weighted by Gasteiger charge is 2.23. The molecule has 0 saturated carbocycles. The van der Waals surface area contributed by atoms with E-state index in [1.54, 1.807) is 29.4 Å². The third-order valence-electron chi connectivity index (χ3n) is 3.65. The van der Waals surface area contributed by atoms with Crippen LogP contribution in [0, 0.1) is 0 Å². The first kappa shape index (κ1) is 13.6. The fourth-order valence-corrected chi connectivity index (χ4v) is 3.66. The van der Waals surface area contributed by atoms with Crippen LogP contribution in [0.15, 0.2) is 59.1 Å². The van der Waals surface area contributed by atoms with Crippen LogP contribution in [-0.2, 0) is 0 Å². The smallest absolute Gasteiger partial charge is 0.226 e. The minimum Gasteiger partial charge on any atom is -0.323 e. The molecule has 2 aromatic heterocycles. The molecule has 22 heavy (non-hydrogen) atoms. The Morgan fingerprint density at radius 3 is 2.82 bits per heavy atom. The average molecular weight is 326 g/mol. The quantitative estimate of drug-likeness (QED) is 0.735. The second-order valence-electron chi connectivity index (χ2n) is 4.93. The third-order valence-corrected chi connectivity index (χ3v) is 5.30. The minimum atomic E-state index is 0.0618. The largest absolute Gasteiger partial charge is 0.323 e. The standard InChI is InChI=1S/C16H14N4S2/c1-21-12-6-4-11(5-7-12)14-9-13(15-3-2-8-22-15)19-16-17-10-18-20(14)16/h2-10,14H,1H3,(H,17,18,19)/t14-/m1/s1. The Bertz CT molecular complexity index is 803. The highest BCUT2D eigenvalue weighted by Crippen LogP contribution is 2.33. The molecule has 0 spiro atoms. The Balaban J connectivity index is 1.78. The summed E-state index contributed by atoms with van der Waals surface area (Å²) in [5.41, 5.74) is 2.30. The number of rotatable bonds is 3. The van der Waals surface area contributed by atoms with Crippen LogP contribution in [0.4, 0.5) is 5.95 Å². The Kier molecular flexibility index (Phi) is 3.48. The van der Waals surface area contributed by atoms with Crippen molar-refractivity contribution >= 4 is 34.7 Å². The summed E-state index contributed by atoms with van der Waals surface area (Å²) in [5.74, 6) is 0.782. The van der Waals surface area contributed by atoms with E-state index in [0.717, 1.165) is 11.6 Å². The molecule has 0 fully saturated rings. The Morgan fingerprint density at radius 1 is 1.23 bits per heavy atom. The van der Waals surface area contributed by atoms with E-state index in [1.165, 1.54) is 15.3 Å². The van der Waals surface area contributed by atoms with Gasteiger partial charge in [0.2, 0.25) is 5.95 Å². The first-order valence-electron chi connectivity index (χ1n) is 6.91. The van der Waals surface area contributed by atoms with E-state index in [9.17, 15) is 0 Å². The van der Waals surface area contributed by atoms with Crippen LogP contribution in [0.25, 0.3) is 5.70 Å². The molecule has 3 aromatic rings. The number of nitrogens with one attached hydrogen (secondary N) is 1. The molecule has 0 radical (unpaired) electrons. The minimum absolute atomic E-state index is 0.0618. The van der Waals surface area contributed by atoms with Gasteiger partial charge in [0.05, 0.1) is 10.6 Å². The molecule has 1 aromatic carbocycles. The first-order valence-corrected chi connectivity index (χ1v) is 9.02. The van der Waals surface area contributed by atoms with Gasteiger partial charge in [0, 0.05) is 4.90 Å². The third kappa shape index (κ3) is 2.34. The van der Waals surface area contributed by atoms with Gasteiger partial charge in [-0.1, -0.05) is 18.2 Å². The van der Waals surface area contributed by atoms with Crippen molar-refractivity contribution in [3.05, 3.63) is 64.6 Å². The van der Waals surface area contributed by atoms with Crippen LogP contribution < -0.4 is 5.32 Å². The second kappa shape index (κ2) is 5.62. The van der Waals surface area contributed by atoms with Crippen LogP contribution in [0.5, 0.6) is 0 Å². The monoisotopic (exact) mass is 326 g/mol. The Morgan fingerprint density at radius 2 is 2.09 bits per heavy atom. The van der Waals surface area contributed by atoms with E-state index in [1.807, 2.05) is 4.68 Å². The number of allylic oxidation sites excluding steroid dienone is 1. The maximum atomic E-state index is 4.37. The lowest BCUT2D eigenvalue weighted by molar-refractivity contribution is 0.611. The number of hydrogen-bond acceptors (Lipinski definition) is 5. The van der Waals surface area contributed by atoms with E-state index in [0.29, 0.717) is 0 Å². The molecule has 1 atom stereocenters. The molecular weight excluding hydrogens is 312 g/mol. The molecule has 6 heteroatoms. The van der Waals surface area contributed by atoms with Crippen LogP contribution in [0.3, 0.4) is 0 Å². The molecule has 0 unspecified atom stereocenters. The summed E-state index contributed by atoms with van der Waals surface area (Å²) in [6.07, 6.45) is 5.89. The van der Waals surface area contributed by atoms with Crippen LogP contribution >= 0.6 is 23.1 Å². The van der Waals surface area contributed by atoms with Gasteiger partial charge < -0.3 is 5.32 Å². The molecule has 0 bridgehead atoms. The van der Waals surface area contributed by atoms with Crippen molar-refractivity contribution in [3.8, 4) is 0 Å². The molecule has 3 heterocycles. The Hall–Kier alpha value is -2.05. The zero-order valence-electron chi connectivity index (χ0n) is 11.9. The van der Waals surface area contributed by atoms with Gasteiger partial charge in [-0.2, -0.15) is 10.1 Å². The molecule has 4 nitrogen and oxygen atoms in total. The van der Waals surface area contributed by atoms with Gasteiger partial charge >= 0.3 is 0 Å². The normalized spacial score (nSPS) is 16.8. The molecule has 1 N–H and O–H groups in total. The zero-order chi connectivity index (χ0) is 14.9. The van der Waals surface area contributed by atoms with Gasteiger partial charge in [-0.05, 0) is 41.5 Å². The molecule has 110 valence electrons. The fourth-order valence-electron chi connectivity index (χ4n) is 2.55. The van der Waals surface area contributed by atoms with Gasteiger partial charge in [0.25, 0.3) is 0 Å². The molecule has 0 aliphatic carbocycles. The van der Waals surface area contributed by atoms with Gasteiger partial charge in [-0.3, -0.25) is 0 Å². The van der Waals surface area contributed by atoms with Gasteiger partial charge in [0.1, 0.15) is 12.4 Å². The molecule has 4 rings (SSSR count). The predicted octanol–water partition coefficient (Wildman–Crippen LogP) is 4.12. The van der Waals surface area contributed by atoms with E-state index in [-0.39, 0.29) is 6.04 Å². The number of benzene rings is 1. The molecule has 0 saturated heterocycles. The van der Waals surface area contributed by atoms with Gasteiger partial charge in [-0.25, -0.2) is 4.68 Å². The van der Waals surface area contributed by atoms with E-state index >= 15 is 0 Å². The lowest BCUT2D eigenvalue weighted by Gasteiger charge is -2.23. The lowest BCUT2D eigenvalue weighted by Crippen LogP contribution is -2.19. The lowest BCUT2D eigenvalue weighted by atomic mass is 10.0. The second-order valence-corrected chi connectivity index (χ2v) is 6.76. The average Bonchev–Trinajstić information content (AvgIpc) is 3.25. The number of anilines is 1. The zero-order valence-corrected chi connectivity index (χ0v) is 13.6. The van der Waals surface area contributed by atoms with Crippen molar-refractivity contribution in [3.63, 3.8) is 0 Å². The molecule has 1 aliphatic rings. The summed E-state index contributed by atoms with van der Waals surface area (Å²) >= 11 is 3.47. The topological polar surface area (TPSA) is 42.7 Å². The van der Waals surface area contributed by atoms with Gasteiger partial charge in [-0.15, -0.1) is 23.1 Å². The van der Waals surface area contributed by atoms with Crippen molar-refractivity contribution in [1.29, 1.82) is 0 Å². The summed E-state index contributed by atoms with van der Waals surface area (Å²) in [6.45, 7) is 0. The number of hydrogen-bond donors (Lipinski definition) is 1. The van der Waals surface area contributed by atoms with Crippen LogP contribution in [-0.4, -0.2) is 21.0 Å². The summed E-state index contributed by atoms with van der Waals surface area (Å²) in [4.78, 5) is 6.80. The van der Waals surface area contributed by atoms with Crippen molar-refractivity contribution in [1.82, 2.24) is 14.8 Å². The van der Waals surface area contributed by atoms with E-state index in [2.05, 4.69) is 69.5 Å². The van der Waals surface area contributed by atoms with Crippen molar-refractivity contribution < 1.29 is 0 Å². The van der Waals surface area contributed by atoms with Crippen molar-refractivity contribution in [2.75, 3.05) is 11.6 Å². The van der Waals surface area contributed by atoms with Crippen LogP contribution in [0.1, 0.15) is 16.5 Å². The number of nitrogens with zero attached hydrogens (tertiary/aromatic N) is 3. The Labute approximate surface area is 136 Å². The highest BCUT2D eigenvalue weighted by atomic mass is 32.2. The molecule has 1 aliphatic heterocycles. The van der Waals surface area contributed by atoms with Crippen molar-refractivity contribution in [2.45, 2.75) is 10.9 Å². The maximum Gasteiger partial charge on any atom is 0.226 e. The first-order chi connectivity index (χ1) is 10.8. The molecule has 0 amide bonds. The predicted molar refractivity (Wildman–Crippen MR) is 92.3 cm³/mol. The van der Waals surface area contributed by atoms with Crippen LogP contribution in [0.2, 0.25) is 0 Å². The summed E-state index contributed by atoms with van der Waals surface area (Å²) in [7, 11) is 0. The number of thiophene rings is 1. The molecular formula is C16H14N4S2. The number of aromatic nitrogens is 3. The van der Waals surface area contributed by atoms with E-state index in [4.69, 9.17) is 0 Å². The summed E-state index contributed by atoms with van der Waals surface area (Å²) in [6, 6.07) is 12.9. The van der Waals surface area contributed by atoms with E-state index < -0.39 is 0 Å². The fraction of sp³-hybridized carbons (Fsp3) is 0.125. The SMILES string of the molecule is CSc1ccc([C@H]2C=C(c3cccs3)Nc3ncnn32)cc1. The highest BCUT2D eigenvalue weighted by molar-refractivity contribution is 7.98. The number of fused-ring (bicyclic) bond motifs is 1. The van der Waals surface area contributed by atoms with Gasteiger partial charge in [0.15, 0.2) is 0 Å². The summed E-state index contributed by atoms with van der Waals surface area (Å²) in [5, 5.41) is 9.81.